The summed E-state index contributed by atoms with van der Waals surface area (Å²) in [4.78, 5) is 12.6. The number of H-pyrrole nitrogens is 1. The van der Waals surface area contributed by atoms with E-state index in [1.165, 1.54) is 13.1 Å². The molecule has 0 aliphatic carbocycles. The number of aromatic nitrogens is 2. The van der Waals surface area contributed by atoms with Gasteiger partial charge in [0.05, 0.1) is 5.52 Å². The van der Waals surface area contributed by atoms with E-state index in [1.807, 2.05) is 18.2 Å². The SMILES string of the molecule is CCN1CCN(CCNc2nc(=S)[nH]c3ccccc23)CC1. The fourth-order valence-corrected chi connectivity index (χ4v) is 3.10. The van der Waals surface area contributed by atoms with Crippen molar-refractivity contribution >= 4 is 28.9 Å². The van der Waals surface area contributed by atoms with Crippen molar-refractivity contribution in [1.29, 1.82) is 0 Å². The summed E-state index contributed by atoms with van der Waals surface area (Å²) < 4.78 is 0.526. The zero-order valence-corrected chi connectivity index (χ0v) is 13.8. The molecule has 3 rings (SSSR count). The summed E-state index contributed by atoms with van der Waals surface area (Å²) in [7, 11) is 0. The average Bonchev–Trinajstić information content (AvgIpc) is 2.55. The van der Waals surface area contributed by atoms with E-state index in [1.54, 1.807) is 0 Å². The highest BCUT2D eigenvalue weighted by Crippen LogP contribution is 2.18. The van der Waals surface area contributed by atoms with Crippen molar-refractivity contribution in [3.05, 3.63) is 29.0 Å². The molecule has 0 unspecified atom stereocenters. The second-order valence-electron chi connectivity index (χ2n) is 5.64. The normalized spacial score (nSPS) is 17.0. The fourth-order valence-electron chi connectivity index (χ4n) is 2.90. The molecule has 0 amide bonds. The van der Waals surface area contributed by atoms with Crippen LogP contribution in [0, 0.1) is 4.77 Å². The van der Waals surface area contributed by atoms with Crippen LogP contribution in [-0.2, 0) is 0 Å². The number of hydrogen-bond donors (Lipinski definition) is 2. The number of para-hydroxylation sites is 1. The number of hydrogen-bond acceptors (Lipinski definition) is 5. The quantitative estimate of drug-likeness (QED) is 0.829. The molecule has 118 valence electrons. The molecule has 5 nitrogen and oxygen atoms in total. The summed E-state index contributed by atoms with van der Waals surface area (Å²) >= 11 is 5.21. The van der Waals surface area contributed by atoms with Gasteiger partial charge in [0, 0.05) is 44.7 Å². The number of fused-ring (bicyclic) bond motifs is 1. The maximum absolute atomic E-state index is 5.21. The molecular formula is C16H23N5S. The Hall–Kier alpha value is -1.50. The van der Waals surface area contributed by atoms with E-state index in [0.29, 0.717) is 4.77 Å². The molecule has 6 heteroatoms. The van der Waals surface area contributed by atoms with Gasteiger partial charge in [0.2, 0.25) is 0 Å². The Labute approximate surface area is 136 Å². The zero-order valence-electron chi connectivity index (χ0n) is 13.0. The van der Waals surface area contributed by atoms with Gasteiger partial charge >= 0.3 is 0 Å². The molecule has 22 heavy (non-hydrogen) atoms. The number of anilines is 1. The Morgan fingerprint density at radius 1 is 1.18 bits per heavy atom. The molecule has 1 aliphatic rings. The molecule has 0 radical (unpaired) electrons. The number of nitrogens with zero attached hydrogens (tertiary/aromatic N) is 3. The van der Waals surface area contributed by atoms with E-state index in [9.17, 15) is 0 Å². The molecule has 2 N–H and O–H groups in total. The Bertz CT molecular complexity index is 676. The van der Waals surface area contributed by atoms with Crippen LogP contribution in [0.2, 0.25) is 0 Å². The lowest BCUT2D eigenvalue weighted by Gasteiger charge is -2.34. The predicted molar refractivity (Wildman–Crippen MR) is 94.0 cm³/mol. The maximum atomic E-state index is 5.21. The molecule has 1 aromatic heterocycles. The van der Waals surface area contributed by atoms with Crippen molar-refractivity contribution in [3.8, 4) is 0 Å². The molecule has 1 saturated heterocycles. The summed E-state index contributed by atoms with van der Waals surface area (Å²) in [5, 5.41) is 4.54. The van der Waals surface area contributed by atoms with E-state index in [0.717, 1.165) is 49.4 Å². The highest BCUT2D eigenvalue weighted by molar-refractivity contribution is 7.71. The lowest BCUT2D eigenvalue weighted by molar-refractivity contribution is 0.141. The predicted octanol–water partition coefficient (Wildman–Crippen LogP) is 2.34. The van der Waals surface area contributed by atoms with Crippen molar-refractivity contribution < 1.29 is 0 Å². The molecular weight excluding hydrogens is 294 g/mol. The molecule has 0 bridgehead atoms. The van der Waals surface area contributed by atoms with Gasteiger partial charge in [-0.2, -0.15) is 0 Å². The Morgan fingerprint density at radius 2 is 1.91 bits per heavy atom. The minimum absolute atomic E-state index is 0.526. The van der Waals surface area contributed by atoms with E-state index in [-0.39, 0.29) is 0 Å². The van der Waals surface area contributed by atoms with Crippen LogP contribution < -0.4 is 5.32 Å². The van der Waals surface area contributed by atoms with E-state index >= 15 is 0 Å². The molecule has 0 saturated carbocycles. The third-order valence-corrected chi connectivity index (χ3v) is 4.46. The van der Waals surface area contributed by atoms with Gasteiger partial charge in [-0.25, -0.2) is 4.98 Å². The van der Waals surface area contributed by atoms with Crippen LogP contribution in [0.4, 0.5) is 5.82 Å². The van der Waals surface area contributed by atoms with E-state index < -0.39 is 0 Å². The van der Waals surface area contributed by atoms with Gasteiger partial charge < -0.3 is 15.2 Å². The summed E-state index contributed by atoms with van der Waals surface area (Å²) in [6.07, 6.45) is 0. The first-order valence-corrected chi connectivity index (χ1v) is 8.34. The van der Waals surface area contributed by atoms with E-state index in [2.05, 4.69) is 38.1 Å². The van der Waals surface area contributed by atoms with E-state index in [4.69, 9.17) is 12.2 Å². The summed E-state index contributed by atoms with van der Waals surface area (Å²) in [6.45, 7) is 9.97. The Balaban J connectivity index is 1.59. The Morgan fingerprint density at radius 3 is 2.68 bits per heavy atom. The lowest BCUT2D eigenvalue weighted by atomic mass is 10.2. The zero-order chi connectivity index (χ0) is 15.4. The van der Waals surface area contributed by atoms with Gasteiger partial charge in [-0.15, -0.1) is 0 Å². The molecule has 0 spiro atoms. The monoisotopic (exact) mass is 317 g/mol. The number of aromatic amines is 1. The Kier molecular flexibility index (Phi) is 5.02. The second kappa shape index (κ2) is 7.17. The van der Waals surface area contributed by atoms with Gasteiger partial charge in [-0.1, -0.05) is 19.1 Å². The van der Waals surface area contributed by atoms with Gasteiger partial charge in [0.15, 0.2) is 4.77 Å². The smallest absolute Gasteiger partial charge is 0.199 e. The minimum Gasteiger partial charge on any atom is -0.368 e. The third kappa shape index (κ3) is 3.63. The molecule has 1 aromatic carbocycles. The molecule has 2 heterocycles. The van der Waals surface area contributed by atoms with Crippen molar-refractivity contribution in [1.82, 2.24) is 19.8 Å². The number of likely N-dealkylation sites (N-methyl/N-ethyl adjacent to an activating group) is 1. The van der Waals surface area contributed by atoms with Crippen LogP contribution in [0.15, 0.2) is 24.3 Å². The minimum atomic E-state index is 0.526. The summed E-state index contributed by atoms with van der Waals surface area (Å²) in [5.74, 6) is 0.881. The molecule has 1 fully saturated rings. The van der Waals surface area contributed by atoms with Crippen molar-refractivity contribution in [2.75, 3.05) is 51.1 Å². The number of rotatable bonds is 5. The standard InChI is InChI=1S/C16H23N5S/c1-2-20-9-11-21(12-10-20)8-7-17-15-13-5-3-4-6-14(13)18-16(22)19-15/h3-6H,2,7-12H2,1H3,(H2,17,18,19,22). The lowest BCUT2D eigenvalue weighted by Crippen LogP contribution is -2.47. The highest BCUT2D eigenvalue weighted by Gasteiger charge is 2.14. The van der Waals surface area contributed by atoms with Crippen LogP contribution >= 0.6 is 12.2 Å². The fraction of sp³-hybridized carbons (Fsp3) is 0.500. The van der Waals surface area contributed by atoms with Crippen molar-refractivity contribution in [2.45, 2.75) is 6.92 Å². The summed E-state index contributed by atoms with van der Waals surface area (Å²) in [5.41, 5.74) is 1.03. The average molecular weight is 317 g/mol. The van der Waals surface area contributed by atoms with Crippen LogP contribution in [0.5, 0.6) is 0 Å². The summed E-state index contributed by atoms with van der Waals surface area (Å²) in [6, 6.07) is 8.12. The molecule has 1 aliphatic heterocycles. The highest BCUT2D eigenvalue weighted by atomic mass is 32.1. The first kappa shape index (κ1) is 15.4. The van der Waals surface area contributed by atoms with Gasteiger partial charge in [0.1, 0.15) is 5.82 Å². The molecule has 0 atom stereocenters. The van der Waals surface area contributed by atoms with Crippen LogP contribution in [-0.4, -0.2) is 65.6 Å². The van der Waals surface area contributed by atoms with Gasteiger partial charge in [0.25, 0.3) is 0 Å². The van der Waals surface area contributed by atoms with Gasteiger partial charge in [-0.05, 0) is 30.9 Å². The largest absolute Gasteiger partial charge is 0.368 e. The first-order valence-electron chi connectivity index (χ1n) is 7.94. The maximum Gasteiger partial charge on any atom is 0.199 e. The second-order valence-corrected chi connectivity index (χ2v) is 6.03. The van der Waals surface area contributed by atoms with Gasteiger partial charge in [-0.3, -0.25) is 4.90 Å². The van der Waals surface area contributed by atoms with Crippen molar-refractivity contribution in [2.24, 2.45) is 0 Å². The van der Waals surface area contributed by atoms with Crippen molar-refractivity contribution in [3.63, 3.8) is 0 Å². The number of benzene rings is 1. The first-order chi connectivity index (χ1) is 10.8. The number of piperazine rings is 1. The number of nitrogens with one attached hydrogen (secondary N) is 2. The van der Waals surface area contributed by atoms with Crippen LogP contribution in [0.25, 0.3) is 10.9 Å². The molecule has 2 aromatic rings. The third-order valence-electron chi connectivity index (χ3n) is 4.27. The topological polar surface area (TPSA) is 47.2 Å². The van der Waals surface area contributed by atoms with Crippen LogP contribution in [0.1, 0.15) is 6.92 Å². The van der Waals surface area contributed by atoms with Crippen LogP contribution in [0.3, 0.4) is 0 Å².